The SMILES string of the molecule is [B]C(C)CC1CCCC(C)CCC1. The molecule has 1 fully saturated rings. The summed E-state index contributed by atoms with van der Waals surface area (Å²) in [5, 5.41) is 0. The van der Waals surface area contributed by atoms with E-state index in [-0.39, 0.29) is 0 Å². The quantitative estimate of drug-likeness (QED) is 0.561. The molecule has 0 spiro atoms. The zero-order valence-corrected chi connectivity index (χ0v) is 9.26. The van der Waals surface area contributed by atoms with Gasteiger partial charge in [-0.1, -0.05) is 64.6 Å². The van der Waals surface area contributed by atoms with Crippen LogP contribution >= 0.6 is 0 Å². The molecule has 74 valence electrons. The normalized spacial score (nSPS) is 33.4. The summed E-state index contributed by atoms with van der Waals surface area (Å²) in [6, 6.07) is 0. The van der Waals surface area contributed by atoms with E-state index in [0.717, 1.165) is 11.8 Å². The zero-order valence-electron chi connectivity index (χ0n) is 9.26. The van der Waals surface area contributed by atoms with E-state index >= 15 is 0 Å². The fourth-order valence-corrected chi connectivity index (χ4v) is 2.56. The van der Waals surface area contributed by atoms with Crippen LogP contribution in [0.2, 0.25) is 5.82 Å². The van der Waals surface area contributed by atoms with Gasteiger partial charge in [-0.25, -0.2) is 0 Å². The van der Waals surface area contributed by atoms with Gasteiger partial charge in [0.2, 0.25) is 0 Å². The van der Waals surface area contributed by atoms with Gasteiger partial charge >= 0.3 is 0 Å². The van der Waals surface area contributed by atoms with E-state index < -0.39 is 0 Å². The van der Waals surface area contributed by atoms with Crippen LogP contribution in [0, 0.1) is 11.8 Å². The second-order valence-corrected chi connectivity index (χ2v) is 5.05. The van der Waals surface area contributed by atoms with Gasteiger partial charge in [0.1, 0.15) is 0 Å². The van der Waals surface area contributed by atoms with Crippen LogP contribution in [-0.4, -0.2) is 7.85 Å². The van der Waals surface area contributed by atoms with Crippen molar-refractivity contribution in [1.29, 1.82) is 0 Å². The number of hydrogen-bond acceptors (Lipinski definition) is 0. The largest absolute Gasteiger partial charge is 0.0799 e. The highest BCUT2D eigenvalue weighted by Crippen LogP contribution is 2.30. The first kappa shape index (κ1) is 11.1. The Morgan fingerprint density at radius 3 is 2.15 bits per heavy atom. The fraction of sp³-hybridized carbons (Fsp3) is 1.00. The summed E-state index contributed by atoms with van der Waals surface area (Å²) < 4.78 is 0. The molecule has 1 heteroatoms. The lowest BCUT2D eigenvalue weighted by Gasteiger charge is -2.23. The van der Waals surface area contributed by atoms with Crippen molar-refractivity contribution < 1.29 is 0 Å². The molecule has 1 aliphatic carbocycles. The van der Waals surface area contributed by atoms with E-state index in [4.69, 9.17) is 7.85 Å². The molecule has 0 heterocycles. The Balaban J connectivity index is 2.24. The minimum absolute atomic E-state index is 0.404. The van der Waals surface area contributed by atoms with Crippen molar-refractivity contribution in [2.24, 2.45) is 11.8 Å². The third-order valence-corrected chi connectivity index (χ3v) is 3.32. The van der Waals surface area contributed by atoms with Crippen molar-refractivity contribution in [1.82, 2.24) is 0 Å². The van der Waals surface area contributed by atoms with E-state index in [2.05, 4.69) is 13.8 Å². The summed E-state index contributed by atoms with van der Waals surface area (Å²) >= 11 is 0. The summed E-state index contributed by atoms with van der Waals surface area (Å²) in [4.78, 5) is 0. The Kier molecular flexibility index (Phi) is 4.91. The molecule has 1 saturated carbocycles. The second-order valence-electron chi connectivity index (χ2n) is 5.05. The highest BCUT2D eigenvalue weighted by molar-refractivity contribution is 6.11. The summed E-state index contributed by atoms with van der Waals surface area (Å²) in [7, 11) is 5.84. The van der Waals surface area contributed by atoms with Crippen molar-refractivity contribution in [3.05, 3.63) is 0 Å². The smallest absolute Gasteiger partial charge is 0.0695 e. The molecule has 0 bridgehead atoms. The second kappa shape index (κ2) is 5.72. The van der Waals surface area contributed by atoms with Gasteiger partial charge in [0.05, 0.1) is 7.85 Å². The van der Waals surface area contributed by atoms with Gasteiger partial charge in [0, 0.05) is 0 Å². The van der Waals surface area contributed by atoms with Gasteiger partial charge in [-0.15, -0.1) is 0 Å². The van der Waals surface area contributed by atoms with Crippen molar-refractivity contribution in [3.8, 4) is 0 Å². The Labute approximate surface area is 84.9 Å². The third-order valence-electron chi connectivity index (χ3n) is 3.32. The lowest BCUT2D eigenvalue weighted by atomic mass is 9.76. The Hall–Kier alpha value is 0.0649. The third kappa shape index (κ3) is 4.74. The monoisotopic (exact) mass is 178 g/mol. The topological polar surface area (TPSA) is 0 Å². The first-order chi connectivity index (χ1) is 6.18. The van der Waals surface area contributed by atoms with Gasteiger partial charge in [0.15, 0.2) is 0 Å². The summed E-state index contributed by atoms with van der Waals surface area (Å²) in [6.45, 7) is 4.53. The van der Waals surface area contributed by atoms with Gasteiger partial charge in [-0.2, -0.15) is 0 Å². The molecule has 1 unspecified atom stereocenters. The predicted octanol–water partition coefficient (Wildman–Crippen LogP) is 3.96. The Bertz CT molecular complexity index is 121. The van der Waals surface area contributed by atoms with E-state index in [1.165, 1.54) is 44.9 Å². The molecule has 0 saturated heterocycles. The number of hydrogen-bond donors (Lipinski definition) is 0. The predicted molar refractivity (Wildman–Crippen MR) is 60.2 cm³/mol. The van der Waals surface area contributed by atoms with Gasteiger partial charge in [-0.05, 0) is 11.8 Å². The average Bonchev–Trinajstić information content (AvgIpc) is 1.99. The molecule has 2 radical (unpaired) electrons. The maximum atomic E-state index is 5.84. The molecule has 1 rings (SSSR count). The van der Waals surface area contributed by atoms with E-state index in [0.29, 0.717) is 5.82 Å². The fourth-order valence-electron chi connectivity index (χ4n) is 2.56. The van der Waals surface area contributed by atoms with Gasteiger partial charge in [-0.3, -0.25) is 0 Å². The number of rotatable bonds is 2. The lowest BCUT2D eigenvalue weighted by Crippen LogP contribution is -2.09. The van der Waals surface area contributed by atoms with Crippen molar-refractivity contribution in [3.63, 3.8) is 0 Å². The minimum Gasteiger partial charge on any atom is -0.0799 e. The van der Waals surface area contributed by atoms with Crippen LogP contribution in [0.25, 0.3) is 0 Å². The summed E-state index contributed by atoms with van der Waals surface area (Å²) in [5.41, 5.74) is 0. The molecule has 0 amide bonds. The lowest BCUT2D eigenvalue weighted by molar-refractivity contribution is 0.316. The molecule has 0 nitrogen and oxygen atoms in total. The van der Waals surface area contributed by atoms with Gasteiger partial charge < -0.3 is 0 Å². The zero-order chi connectivity index (χ0) is 9.68. The first-order valence-electron chi connectivity index (χ1n) is 5.94. The van der Waals surface area contributed by atoms with E-state index in [9.17, 15) is 0 Å². The maximum Gasteiger partial charge on any atom is 0.0695 e. The first-order valence-corrected chi connectivity index (χ1v) is 5.94. The molecule has 0 aliphatic heterocycles. The average molecular weight is 178 g/mol. The van der Waals surface area contributed by atoms with Crippen LogP contribution in [0.1, 0.15) is 58.8 Å². The molecular weight excluding hydrogens is 155 g/mol. The Morgan fingerprint density at radius 1 is 1.15 bits per heavy atom. The molecule has 0 N–H and O–H groups in total. The molecule has 13 heavy (non-hydrogen) atoms. The summed E-state index contributed by atoms with van der Waals surface area (Å²) in [5.74, 6) is 2.30. The van der Waals surface area contributed by atoms with Crippen molar-refractivity contribution >= 4 is 7.85 Å². The molecule has 0 aromatic carbocycles. The van der Waals surface area contributed by atoms with Crippen LogP contribution in [0.15, 0.2) is 0 Å². The van der Waals surface area contributed by atoms with Crippen LogP contribution in [-0.2, 0) is 0 Å². The molecule has 1 atom stereocenters. The van der Waals surface area contributed by atoms with Crippen LogP contribution < -0.4 is 0 Å². The van der Waals surface area contributed by atoms with Crippen LogP contribution in [0.4, 0.5) is 0 Å². The van der Waals surface area contributed by atoms with E-state index in [1.54, 1.807) is 0 Å². The standard InChI is InChI=1S/C12H23B/c1-10-5-3-7-12(8-4-6-10)9-11(2)13/h10-12H,3-9H2,1-2H3. The molecular formula is C12H23B. The highest BCUT2D eigenvalue weighted by Gasteiger charge is 2.14. The van der Waals surface area contributed by atoms with E-state index in [1.807, 2.05) is 0 Å². The maximum absolute atomic E-state index is 5.84. The molecule has 1 aliphatic rings. The van der Waals surface area contributed by atoms with Crippen LogP contribution in [0.3, 0.4) is 0 Å². The Morgan fingerprint density at radius 2 is 1.69 bits per heavy atom. The molecule has 0 aromatic heterocycles. The highest BCUT2D eigenvalue weighted by atomic mass is 14.2. The van der Waals surface area contributed by atoms with Gasteiger partial charge in [0.25, 0.3) is 0 Å². The minimum atomic E-state index is 0.404. The summed E-state index contributed by atoms with van der Waals surface area (Å²) in [6.07, 6.45) is 9.83. The van der Waals surface area contributed by atoms with Crippen LogP contribution in [0.5, 0.6) is 0 Å². The molecule has 0 aromatic rings. The van der Waals surface area contributed by atoms with Crippen molar-refractivity contribution in [2.45, 2.75) is 64.6 Å². The van der Waals surface area contributed by atoms with Crippen molar-refractivity contribution in [2.75, 3.05) is 0 Å².